The standard InChI is InChI=1S/C34H50N2O5/c1-12-40-30(37)29-26(33(5,6)7)27(35-21-23-20-24(32(2,3)4)18-19-25(23)39-11)28(22-16-14-13-15-17-22)36(29)31(38)41-34(8,9)10/h13-20,26-29,35H,12,21H2,1-11H3/t26-,27-,28-,29-/m0/s1. The number of hydrogen-bond acceptors (Lipinski definition) is 6. The maximum absolute atomic E-state index is 14.0. The van der Waals surface area contributed by atoms with Crippen molar-refractivity contribution in [3.8, 4) is 5.75 Å². The molecule has 0 bridgehead atoms. The molecule has 1 aliphatic heterocycles. The van der Waals surface area contributed by atoms with Crippen LogP contribution in [0.1, 0.15) is 92.0 Å². The molecular weight excluding hydrogens is 516 g/mol. The summed E-state index contributed by atoms with van der Waals surface area (Å²) >= 11 is 0. The number of nitrogens with zero attached hydrogens (tertiary/aromatic N) is 1. The Labute approximate surface area is 246 Å². The number of ether oxygens (including phenoxy) is 3. The first-order valence-corrected chi connectivity index (χ1v) is 14.6. The van der Waals surface area contributed by atoms with Crippen LogP contribution in [0.4, 0.5) is 4.79 Å². The van der Waals surface area contributed by atoms with E-state index in [1.54, 1.807) is 18.9 Å². The molecule has 3 rings (SSSR count). The first-order valence-electron chi connectivity index (χ1n) is 14.6. The van der Waals surface area contributed by atoms with Gasteiger partial charge in [0, 0.05) is 24.1 Å². The van der Waals surface area contributed by atoms with Gasteiger partial charge in [0.05, 0.1) is 19.8 Å². The van der Waals surface area contributed by atoms with Crippen LogP contribution in [0.5, 0.6) is 5.75 Å². The van der Waals surface area contributed by atoms with Crippen molar-refractivity contribution in [3.63, 3.8) is 0 Å². The summed E-state index contributed by atoms with van der Waals surface area (Å²) in [4.78, 5) is 29.3. The zero-order valence-electron chi connectivity index (χ0n) is 26.8. The number of carbonyl (C=O) groups is 2. The maximum Gasteiger partial charge on any atom is 0.411 e. The van der Waals surface area contributed by atoms with Crippen molar-refractivity contribution in [3.05, 3.63) is 65.2 Å². The van der Waals surface area contributed by atoms with Crippen molar-refractivity contribution in [1.82, 2.24) is 10.2 Å². The molecule has 2 aromatic carbocycles. The Morgan fingerprint density at radius 3 is 2.07 bits per heavy atom. The highest BCUT2D eigenvalue weighted by Crippen LogP contribution is 2.49. The van der Waals surface area contributed by atoms with E-state index in [-0.39, 0.29) is 29.4 Å². The summed E-state index contributed by atoms with van der Waals surface area (Å²) in [5, 5.41) is 3.79. The van der Waals surface area contributed by atoms with E-state index in [1.165, 1.54) is 5.56 Å². The largest absolute Gasteiger partial charge is 0.496 e. The van der Waals surface area contributed by atoms with Gasteiger partial charge in [0.1, 0.15) is 17.4 Å². The Kier molecular flexibility index (Phi) is 9.84. The van der Waals surface area contributed by atoms with E-state index in [4.69, 9.17) is 14.2 Å². The van der Waals surface area contributed by atoms with Crippen LogP contribution in [0, 0.1) is 11.3 Å². The zero-order valence-corrected chi connectivity index (χ0v) is 26.8. The summed E-state index contributed by atoms with van der Waals surface area (Å²) in [5.41, 5.74) is 2.01. The fourth-order valence-corrected chi connectivity index (χ4v) is 5.82. The molecule has 1 amide bonds. The number of benzene rings is 2. The second kappa shape index (κ2) is 12.4. The molecule has 0 radical (unpaired) electrons. The molecule has 1 saturated heterocycles. The Morgan fingerprint density at radius 2 is 1.56 bits per heavy atom. The molecule has 0 spiro atoms. The third kappa shape index (κ3) is 7.62. The monoisotopic (exact) mass is 566 g/mol. The lowest BCUT2D eigenvalue weighted by atomic mass is 9.72. The minimum absolute atomic E-state index is 0.0303. The molecule has 226 valence electrons. The second-order valence-corrected chi connectivity index (χ2v) is 14.0. The molecule has 1 fully saturated rings. The fraction of sp³-hybridized carbons (Fsp3) is 0.588. The molecule has 7 heteroatoms. The van der Waals surface area contributed by atoms with Crippen molar-refractivity contribution in [2.24, 2.45) is 11.3 Å². The lowest BCUT2D eigenvalue weighted by molar-refractivity contribution is -0.151. The number of hydrogen-bond donors (Lipinski definition) is 1. The van der Waals surface area contributed by atoms with Gasteiger partial charge in [0.25, 0.3) is 0 Å². The topological polar surface area (TPSA) is 77.1 Å². The summed E-state index contributed by atoms with van der Waals surface area (Å²) in [7, 11) is 1.68. The first kappa shape index (κ1) is 32.5. The van der Waals surface area contributed by atoms with Crippen LogP contribution in [-0.2, 0) is 26.2 Å². The molecule has 41 heavy (non-hydrogen) atoms. The molecule has 0 aromatic heterocycles. The molecule has 0 unspecified atom stereocenters. The van der Waals surface area contributed by atoms with Crippen molar-refractivity contribution in [1.29, 1.82) is 0 Å². The van der Waals surface area contributed by atoms with E-state index in [0.717, 1.165) is 16.9 Å². The molecule has 1 N–H and O–H groups in total. The molecule has 0 aliphatic carbocycles. The van der Waals surface area contributed by atoms with E-state index in [2.05, 4.69) is 59.0 Å². The van der Waals surface area contributed by atoms with Crippen molar-refractivity contribution in [2.45, 2.75) is 105 Å². The lowest BCUT2D eigenvalue weighted by Crippen LogP contribution is -2.49. The minimum Gasteiger partial charge on any atom is -0.496 e. The van der Waals surface area contributed by atoms with Crippen LogP contribution >= 0.6 is 0 Å². The van der Waals surface area contributed by atoms with E-state index in [0.29, 0.717) is 6.54 Å². The van der Waals surface area contributed by atoms with E-state index >= 15 is 0 Å². The van der Waals surface area contributed by atoms with Crippen LogP contribution in [0.2, 0.25) is 0 Å². The lowest BCUT2D eigenvalue weighted by Gasteiger charge is -2.36. The minimum atomic E-state index is -0.838. The average molecular weight is 567 g/mol. The number of esters is 1. The molecule has 7 nitrogen and oxygen atoms in total. The Morgan fingerprint density at radius 1 is 0.927 bits per heavy atom. The van der Waals surface area contributed by atoms with Crippen molar-refractivity contribution in [2.75, 3.05) is 13.7 Å². The third-order valence-corrected chi connectivity index (χ3v) is 7.61. The smallest absolute Gasteiger partial charge is 0.411 e. The summed E-state index contributed by atoms with van der Waals surface area (Å²) in [6.45, 7) is 20.9. The fourth-order valence-electron chi connectivity index (χ4n) is 5.82. The highest BCUT2D eigenvalue weighted by Gasteiger charge is 2.59. The highest BCUT2D eigenvalue weighted by atomic mass is 16.6. The van der Waals surface area contributed by atoms with Gasteiger partial charge < -0.3 is 19.5 Å². The molecule has 2 aromatic rings. The van der Waals surface area contributed by atoms with Crippen LogP contribution < -0.4 is 10.1 Å². The molecule has 0 saturated carbocycles. The molecular formula is C34H50N2O5. The van der Waals surface area contributed by atoms with Gasteiger partial charge in [-0.1, -0.05) is 84.0 Å². The first-order chi connectivity index (χ1) is 19.0. The van der Waals surface area contributed by atoms with Gasteiger partial charge in [-0.05, 0) is 55.7 Å². The van der Waals surface area contributed by atoms with Gasteiger partial charge in [-0.25, -0.2) is 9.59 Å². The van der Waals surface area contributed by atoms with Gasteiger partial charge in [-0.15, -0.1) is 0 Å². The highest BCUT2D eigenvalue weighted by molar-refractivity contribution is 5.83. The Hall–Kier alpha value is -3.06. The number of carbonyl (C=O) groups excluding carboxylic acids is 2. The Bertz CT molecular complexity index is 1190. The van der Waals surface area contributed by atoms with E-state index < -0.39 is 29.7 Å². The average Bonchev–Trinajstić information content (AvgIpc) is 3.22. The van der Waals surface area contributed by atoms with Gasteiger partial charge in [-0.3, -0.25) is 4.90 Å². The second-order valence-electron chi connectivity index (χ2n) is 14.0. The number of rotatable bonds is 7. The summed E-state index contributed by atoms with van der Waals surface area (Å²) in [5.74, 6) is 0.0879. The summed E-state index contributed by atoms with van der Waals surface area (Å²) < 4.78 is 17.3. The van der Waals surface area contributed by atoms with Gasteiger partial charge in [0.15, 0.2) is 0 Å². The van der Waals surface area contributed by atoms with Crippen molar-refractivity contribution < 1.29 is 23.8 Å². The normalized spacial score (nSPS) is 21.5. The predicted octanol–water partition coefficient (Wildman–Crippen LogP) is 7.04. The van der Waals surface area contributed by atoms with Crippen LogP contribution in [0.15, 0.2) is 48.5 Å². The number of amides is 1. The van der Waals surface area contributed by atoms with Crippen LogP contribution in [-0.4, -0.2) is 48.4 Å². The van der Waals surface area contributed by atoms with E-state index in [1.807, 2.05) is 57.2 Å². The quantitative estimate of drug-likeness (QED) is 0.362. The summed E-state index contributed by atoms with van der Waals surface area (Å²) in [6.07, 6.45) is -0.532. The van der Waals surface area contributed by atoms with Crippen molar-refractivity contribution >= 4 is 12.1 Å². The van der Waals surface area contributed by atoms with Gasteiger partial charge >= 0.3 is 12.1 Å². The summed E-state index contributed by atoms with van der Waals surface area (Å²) in [6, 6.07) is 14.6. The Balaban J connectivity index is 2.19. The van der Waals surface area contributed by atoms with Gasteiger partial charge in [-0.2, -0.15) is 0 Å². The van der Waals surface area contributed by atoms with E-state index in [9.17, 15) is 9.59 Å². The molecule has 4 atom stereocenters. The molecule has 1 aliphatic rings. The number of nitrogens with one attached hydrogen (secondary N) is 1. The van der Waals surface area contributed by atoms with Crippen LogP contribution in [0.3, 0.4) is 0 Å². The zero-order chi connectivity index (χ0) is 30.8. The third-order valence-electron chi connectivity index (χ3n) is 7.61. The number of methoxy groups -OCH3 is 1. The number of likely N-dealkylation sites (tertiary alicyclic amines) is 1. The van der Waals surface area contributed by atoms with Gasteiger partial charge in [0.2, 0.25) is 0 Å². The molecule has 1 heterocycles. The maximum atomic E-state index is 14.0. The predicted molar refractivity (Wildman–Crippen MR) is 163 cm³/mol. The SMILES string of the molecule is CCOC(=O)[C@@H]1[C@@H](C(C)(C)C)[C@H](NCc2cc(C(C)(C)C)ccc2OC)[C@H](c2ccccc2)N1C(=O)OC(C)(C)C. The van der Waals surface area contributed by atoms with Crippen LogP contribution in [0.25, 0.3) is 0 Å².